The van der Waals surface area contributed by atoms with Gasteiger partial charge in [-0.15, -0.1) is 4.83 Å². The maximum absolute atomic E-state index is 13.8. The molecule has 0 radical (unpaired) electrons. The van der Waals surface area contributed by atoms with Crippen molar-refractivity contribution >= 4 is 31.9 Å². The highest BCUT2D eigenvalue weighted by Crippen LogP contribution is 2.21. The Kier molecular flexibility index (Phi) is 13.7. The predicted molar refractivity (Wildman–Crippen MR) is 182 cm³/mol. The fraction of sp³-hybridized carbons (Fsp3) is 0.394. The summed E-state index contributed by atoms with van der Waals surface area (Å²) in [6.45, 7) is 4.48. The van der Waals surface area contributed by atoms with Gasteiger partial charge in [-0.1, -0.05) is 44.2 Å². The van der Waals surface area contributed by atoms with Crippen LogP contribution in [0.5, 0.6) is 5.75 Å². The van der Waals surface area contributed by atoms with E-state index in [0.29, 0.717) is 31.5 Å². The molecule has 0 saturated heterocycles. The number of nitrogens with one attached hydrogen (secondary N) is 2. The number of likely N-dealkylation sites (N-methyl/N-ethyl adjacent to an activating group) is 1. The summed E-state index contributed by atoms with van der Waals surface area (Å²) in [5, 5.41) is 25.0. The molecule has 0 saturated carbocycles. The monoisotopic (exact) mass is 703 g/mol. The van der Waals surface area contributed by atoms with Gasteiger partial charge in [-0.2, -0.15) is 0 Å². The third-order valence-electron chi connectivity index (χ3n) is 7.43. The van der Waals surface area contributed by atoms with Crippen LogP contribution in [0.2, 0.25) is 0 Å². The molecule has 2 atom stereocenters. The zero-order valence-corrected chi connectivity index (χ0v) is 29.5. The highest BCUT2D eigenvalue weighted by molar-refractivity contribution is 7.89. The predicted octanol–water partition coefficient (Wildman–Crippen LogP) is 2.43. The van der Waals surface area contributed by atoms with Gasteiger partial charge in [-0.3, -0.25) is 9.59 Å². The van der Waals surface area contributed by atoms with Crippen molar-refractivity contribution in [3.8, 4) is 5.75 Å². The van der Waals surface area contributed by atoms with Gasteiger partial charge in [0.2, 0.25) is 10.0 Å². The second-order valence-corrected chi connectivity index (χ2v) is 15.4. The van der Waals surface area contributed by atoms with Gasteiger partial charge in [0, 0.05) is 51.9 Å². The van der Waals surface area contributed by atoms with Gasteiger partial charge >= 0.3 is 0 Å². The molecule has 0 aliphatic carbocycles. The van der Waals surface area contributed by atoms with Crippen molar-refractivity contribution in [3.05, 3.63) is 89.5 Å². The summed E-state index contributed by atoms with van der Waals surface area (Å²) in [7, 11) is -3.90. The smallest absolute Gasteiger partial charge is 0.253 e. The molecule has 3 aromatic rings. The van der Waals surface area contributed by atoms with Gasteiger partial charge in [0.05, 0.1) is 21.9 Å². The normalized spacial score (nSPS) is 13.3. The van der Waals surface area contributed by atoms with E-state index in [1.807, 2.05) is 13.8 Å². The fourth-order valence-corrected chi connectivity index (χ4v) is 7.05. The van der Waals surface area contributed by atoms with E-state index in [2.05, 4.69) is 10.1 Å². The van der Waals surface area contributed by atoms with Crippen molar-refractivity contribution in [2.24, 2.45) is 0 Å². The summed E-state index contributed by atoms with van der Waals surface area (Å²) in [5.74, 6) is -1.16. The highest BCUT2D eigenvalue weighted by Gasteiger charge is 2.28. The first kappa shape index (κ1) is 38.6. The van der Waals surface area contributed by atoms with E-state index in [9.17, 15) is 36.6 Å². The van der Waals surface area contributed by atoms with E-state index in [-0.39, 0.29) is 39.6 Å². The average Bonchev–Trinajstić information content (AvgIpc) is 3.04. The first-order valence-electron chi connectivity index (χ1n) is 15.5. The first-order chi connectivity index (χ1) is 22.6. The Morgan fingerprint density at radius 1 is 0.812 bits per heavy atom. The Morgan fingerprint density at radius 3 is 1.96 bits per heavy atom. The summed E-state index contributed by atoms with van der Waals surface area (Å²) in [6.07, 6.45) is 0.0864. The number of rotatable bonds is 17. The molecule has 2 unspecified atom stereocenters. The summed E-state index contributed by atoms with van der Waals surface area (Å²) in [4.78, 5) is 31.1. The maximum atomic E-state index is 13.8. The van der Waals surface area contributed by atoms with Gasteiger partial charge in [0.25, 0.3) is 21.8 Å². The Balaban J connectivity index is 1.97. The minimum Gasteiger partial charge on any atom is -0.508 e. The third-order valence-corrected chi connectivity index (χ3v) is 10.7. The second-order valence-electron chi connectivity index (χ2n) is 11.6. The molecular weight excluding hydrogens is 659 g/mol. The molecular formula is C33H45N5O8S2. The molecule has 0 aliphatic heterocycles. The number of phenolic OH excluding ortho intramolecular Hbond substituents is 1. The van der Waals surface area contributed by atoms with Crippen molar-refractivity contribution in [1.29, 1.82) is 0 Å². The van der Waals surface area contributed by atoms with Crippen molar-refractivity contribution in [3.63, 3.8) is 0 Å². The van der Waals surface area contributed by atoms with E-state index >= 15 is 0 Å². The van der Waals surface area contributed by atoms with E-state index in [4.69, 9.17) is 0 Å². The lowest BCUT2D eigenvalue weighted by Crippen LogP contribution is -2.52. The molecule has 0 aliphatic rings. The number of hydrogen-bond donors (Lipinski definition) is 4. The molecule has 3 aromatic carbocycles. The highest BCUT2D eigenvalue weighted by atomic mass is 32.2. The van der Waals surface area contributed by atoms with E-state index in [0.717, 1.165) is 4.31 Å². The number of hydrazine groups is 1. The summed E-state index contributed by atoms with van der Waals surface area (Å²) in [6, 6.07) is 16.6. The average molecular weight is 704 g/mol. The molecule has 262 valence electrons. The fourth-order valence-electron chi connectivity index (χ4n) is 4.97. The quantitative estimate of drug-likeness (QED) is 0.154. The van der Waals surface area contributed by atoms with Crippen LogP contribution in [0.3, 0.4) is 0 Å². The Labute approximate surface area is 283 Å². The zero-order valence-electron chi connectivity index (χ0n) is 27.8. The van der Waals surface area contributed by atoms with E-state index in [1.165, 1.54) is 68.6 Å². The molecule has 0 spiro atoms. The lowest BCUT2D eigenvalue weighted by molar-refractivity contribution is 0.0687. The number of carbonyl (C=O) groups is 2. The lowest BCUT2D eigenvalue weighted by Gasteiger charge is -2.28. The van der Waals surface area contributed by atoms with Gasteiger partial charge in [0.15, 0.2) is 0 Å². The van der Waals surface area contributed by atoms with E-state index < -0.39 is 44.0 Å². The van der Waals surface area contributed by atoms with Crippen LogP contribution in [0, 0.1) is 0 Å². The topological polar surface area (TPSA) is 177 Å². The van der Waals surface area contributed by atoms with Crippen LogP contribution in [-0.4, -0.2) is 106 Å². The molecule has 0 heterocycles. The molecule has 13 nitrogen and oxygen atoms in total. The lowest BCUT2D eigenvalue weighted by atomic mass is 10.00. The van der Waals surface area contributed by atoms with Crippen molar-refractivity contribution in [2.75, 3.05) is 40.8 Å². The van der Waals surface area contributed by atoms with Crippen LogP contribution in [0.1, 0.15) is 53.0 Å². The number of carbonyl (C=O) groups excluding carboxylic acids is 2. The van der Waals surface area contributed by atoms with Gasteiger partial charge < -0.3 is 20.4 Å². The molecule has 0 fully saturated rings. The summed E-state index contributed by atoms with van der Waals surface area (Å²) < 4.78 is 53.1. The minimum absolute atomic E-state index is 0.0197. The molecule has 0 aromatic heterocycles. The van der Waals surface area contributed by atoms with Crippen LogP contribution < -0.4 is 10.1 Å². The largest absolute Gasteiger partial charge is 0.508 e. The van der Waals surface area contributed by atoms with Crippen molar-refractivity contribution in [1.82, 2.24) is 24.4 Å². The van der Waals surface area contributed by atoms with Crippen LogP contribution in [0.4, 0.5) is 0 Å². The number of aliphatic hydroxyl groups is 1. The van der Waals surface area contributed by atoms with E-state index in [1.54, 1.807) is 35.2 Å². The summed E-state index contributed by atoms with van der Waals surface area (Å²) in [5.41, 5.74) is 0.546. The minimum atomic E-state index is -4.06. The summed E-state index contributed by atoms with van der Waals surface area (Å²) >= 11 is 0. The third kappa shape index (κ3) is 10.3. The van der Waals surface area contributed by atoms with Crippen LogP contribution in [0.15, 0.2) is 82.6 Å². The number of sulfonamides is 2. The SMILES string of the molecule is CCCN(CCC)C(=O)c1cc(C(=O)NC(Cc2ccc(O)cc2)C(O)CN(C)NS(=O)(=O)c2ccccc2)cc(S(=O)(=O)N(C)C)c1. The number of phenols is 1. The molecule has 0 bridgehead atoms. The zero-order chi connectivity index (χ0) is 35.6. The maximum Gasteiger partial charge on any atom is 0.253 e. The number of hydrogen-bond acceptors (Lipinski definition) is 9. The Hall–Kier alpha value is -3.86. The Bertz CT molecular complexity index is 1750. The van der Waals surface area contributed by atoms with Gasteiger partial charge in [0.1, 0.15) is 5.75 Å². The van der Waals surface area contributed by atoms with Crippen molar-refractivity contribution < 1.29 is 36.6 Å². The number of nitrogens with zero attached hydrogens (tertiary/aromatic N) is 3. The molecule has 2 amide bonds. The van der Waals surface area contributed by atoms with Gasteiger partial charge in [-0.05, 0) is 67.3 Å². The van der Waals surface area contributed by atoms with Crippen LogP contribution >= 0.6 is 0 Å². The first-order valence-corrected chi connectivity index (χ1v) is 18.4. The van der Waals surface area contributed by atoms with Crippen LogP contribution in [-0.2, 0) is 26.5 Å². The number of amides is 2. The van der Waals surface area contributed by atoms with Crippen molar-refractivity contribution in [2.45, 2.75) is 55.0 Å². The molecule has 15 heteroatoms. The van der Waals surface area contributed by atoms with Gasteiger partial charge in [-0.25, -0.2) is 26.1 Å². The Morgan fingerprint density at radius 2 is 1.40 bits per heavy atom. The van der Waals surface area contributed by atoms with Crippen LogP contribution in [0.25, 0.3) is 0 Å². The number of benzene rings is 3. The number of aliphatic hydroxyl groups excluding tert-OH is 1. The second kappa shape index (κ2) is 17.0. The molecule has 4 N–H and O–H groups in total. The standard InChI is InChI=1S/C33H45N5O8S2/c1-6-17-38(18-7-2)33(42)26-20-25(21-29(22-26)48(45,46)36(3)4)32(41)34-30(19-24-13-15-27(39)16-14-24)31(40)23-37(5)35-47(43,44)28-11-9-8-10-12-28/h8-16,20-22,30-31,35,39-40H,6-7,17-19,23H2,1-5H3,(H,34,41). The molecule has 48 heavy (non-hydrogen) atoms. The molecule has 3 rings (SSSR count). The number of aromatic hydroxyl groups is 1.